The number of halogens is 2. The Balaban J connectivity index is 1.72. The van der Waals surface area contributed by atoms with E-state index in [9.17, 15) is 18.4 Å². The predicted octanol–water partition coefficient (Wildman–Crippen LogP) is 4.15. The molecule has 0 unspecified atom stereocenters. The third-order valence-corrected chi connectivity index (χ3v) is 6.19. The van der Waals surface area contributed by atoms with Crippen molar-refractivity contribution in [3.8, 4) is 5.69 Å². The van der Waals surface area contributed by atoms with Crippen molar-refractivity contribution < 1.29 is 13.6 Å². The van der Waals surface area contributed by atoms with Gasteiger partial charge in [-0.15, -0.1) is 0 Å². The molecule has 196 valence electrons. The molecule has 1 amide bonds. The summed E-state index contributed by atoms with van der Waals surface area (Å²) < 4.78 is 29.2. The molecular formula is C27H32F2N6O2. The molecule has 0 bridgehead atoms. The van der Waals surface area contributed by atoms with E-state index in [1.165, 1.54) is 12.1 Å². The van der Waals surface area contributed by atoms with Crippen LogP contribution in [-0.2, 0) is 6.54 Å². The van der Waals surface area contributed by atoms with Crippen molar-refractivity contribution in [3.63, 3.8) is 0 Å². The SMILES string of the molecule is CNCc1c(NCC(C)C)ccc(NC(=O)c2ccc(=O)n(-c3c(F)cccc3F)n2)c1N1CCCC1. The van der Waals surface area contributed by atoms with Crippen LogP contribution in [0.25, 0.3) is 5.69 Å². The number of benzene rings is 2. The Kier molecular flexibility index (Phi) is 8.17. The van der Waals surface area contributed by atoms with Gasteiger partial charge in [-0.2, -0.15) is 9.78 Å². The molecule has 3 N–H and O–H groups in total. The summed E-state index contributed by atoms with van der Waals surface area (Å²) >= 11 is 0. The van der Waals surface area contributed by atoms with Crippen LogP contribution in [0.5, 0.6) is 0 Å². The minimum absolute atomic E-state index is 0.146. The lowest BCUT2D eigenvalue weighted by Gasteiger charge is -2.27. The van der Waals surface area contributed by atoms with Crippen LogP contribution in [0.15, 0.2) is 47.3 Å². The smallest absolute Gasteiger partial charge is 0.276 e. The van der Waals surface area contributed by atoms with Gasteiger partial charge < -0.3 is 20.9 Å². The number of carbonyl (C=O) groups is 1. The van der Waals surface area contributed by atoms with Crippen molar-refractivity contribution in [2.45, 2.75) is 33.2 Å². The van der Waals surface area contributed by atoms with Crippen molar-refractivity contribution >= 4 is 23.0 Å². The first kappa shape index (κ1) is 26.3. The van der Waals surface area contributed by atoms with E-state index in [0.717, 1.165) is 67.6 Å². The lowest BCUT2D eigenvalue weighted by atomic mass is 10.1. The van der Waals surface area contributed by atoms with E-state index >= 15 is 0 Å². The fraction of sp³-hybridized carbons (Fsp3) is 0.370. The highest BCUT2D eigenvalue weighted by Gasteiger charge is 2.24. The topological polar surface area (TPSA) is 91.3 Å². The van der Waals surface area contributed by atoms with Gasteiger partial charge in [0.2, 0.25) is 0 Å². The molecule has 1 aliphatic heterocycles. The molecule has 0 saturated carbocycles. The Hall–Kier alpha value is -3.79. The van der Waals surface area contributed by atoms with Gasteiger partial charge in [0.15, 0.2) is 11.6 Å². The van der Waals surface area contributed by atoms with E-state index in [-0.39, 0.29) is 5.69 Å². The third-order valence-electron chi connectivity index (χ3n) is 6.19. The maximum absolute atomic E-state index is 14.3. The quantitative estimate of drug-likeness (QED) is 0.401. The molecular weight excluding hydrogens is 478 g/mol. The maximum atomic E-state index is 14.3. The Morgan fingerprint density at radius 3 is 2.32 bits per heavy atom. The number of nitrogens with one attached hydrogen (secondary N) is 3. The van der Waals surface area contributed by atoms with E-state index in [1.807, 2.05) is 19.2 Å². The summed E-state index contributed by atoms with van der Waals surface area (Å²) in [4.78, 5) is 27.9. The number of aromatic nitrogens is 2. The van der Waals surface area contributed by atoms with Gasteiger partial charge in [-0.25, -0.2) is 8.78 Å². The summed E-state index contributed by atoms with van der Waals surface area (Å²) in [5.41, 5.74) is 2.02. The van der Waals surface area contributed by atoms with Gasteiger partial charge in [-0.1, -0.05) is 19.9 Å². The summed E-state index contributed by atoms with van der Waals surface area (Å²) in [5.74, 6) is -2.04. The first-order valence-electron chi connectivity index (χ1n) is 12.5. The van der Waals surface area contributed by atoms with Crippen LogP contribution in [0.1, 0.15) is 42.7 Å². The molecule has 1 aliphatic rings. The van der Waals surface area contributed by atoms with Crippen LogP contribution in [0.2, 0.25) is 0 Å². The number of hydrogen-bond donors (Lipinski definition) is 3. The van der Waals surface area contributed by atoms with Crippen molar-refractivity contribution in [1.29, 1.82) is 0 Å². The fourth-order valence-electron chi connectivity index (χ4n) is 4.44. The average molecular weight is 511 g/mol. The van der Waals surface area contributed by atoms with Crippen molar-refractivity contribution in [1.82, 2.24) is 15.1 Å². The van der Waals surface area contributed by atoms with Crippen LogP contribution in [-0.4, -0.2) is 42.4 Å². The monoisotopic (exact) mass is 510 g/mol. The highest BCUT2D eigenvalue weighted by molar-refractivity contribution is 6.05. The fourth-order valence-corrected chi connectivity index (χ4v) is 4.44. The molecule has 4 rings (SSSR count). The molecule has 2 heterocycles. The molecule has 1 saturated heterocycles. The largest absolute Gasteiger partial charge is 0.384 e. The standard InChI is InChI=1S/C27H32F2N6O2/c1-17(2)15-31-21-9-10-22(25(18(21)16-30-3)34-13-4-5-14-34)32-27(37)23-11-12-24(36)35(33-23)26-19(28)7-6-8-20(26)29/h6-12,17,30-31H,4-5,13-16H2,1-3H3,(H,32,37). The van der Waals surface area contributed by atoms with Crippen molar-refractivity contribution in [3.05, 3.63) is 75.7 Å². The van der Waals surface area contributed by atoms with E-state index in [2.05, 4.69) is 39.8 Å². The summed E-state index contributed by atoms with van der Waals surface area (Å²) in [7, 11) is 1.88. The summed E-state index contributed by atoms with van der Waals surface area (Å²) in [6.07, 6.45) is 2.10. The third kappa shape index (κ3) is 5.80. The van der Waals surface area contributed by atoms with Gasteiger partial charge in [0.05, 0.1) is 11.4 Å². The second kappa shape index (κ2) is 11.5. The molecule has 0 radical (unpaired) electrons. The number of anilines is 3. The number of rotatable bonds is 9. The zero-order valence-electron chi connectivity index (χ0n) is 21.3. The molecule has 0 atom stereocenters. The number of nitrogens with zero attached hydrogens (tertiary/aromatic N) is 3. The second-order valence-electron chi connectivity index (χ2n) is 9.48. The average Bonchev–Trinajstić information content (AvgIpc) is 3.39. The van der Waals surface area contributed by atoms with E-state index < -0.39 is 28.8 Å². The molecule has 0 aliphatic carbocycles. The molecule has 8 nitrogen and oxygen atoms in total. The Morgan fingerprint density at radius 2 is 1.68 bits per heavy atom. The minimum atomic E-state index is -0.954. The molecule has 1 aromatic heterocycles. The lowest BCUT2D eigenvalue weighted by molar-refractivity contribution is 0.102. The van der Waals surface area contributed by atoms with Gasteiger partial charge >= 0.3 is 0 Å². The lowest BCUT2D eigenvalue weighted by Crippen LogP contribution is -2.28. The zero-order valence-corrected chi connectivity index (χ0v) is 21.3. The van der Waals surface area contributed by atoms with E-state index in [0.29, 0.717) is 22.8 Å². The molecule has 37 heavy (non-hydrogen) atoms. The van der Waals surface area contributed by atoms with Crippen molar-refractivity contribution in [2.75, 3.05) is 42.2 Å². The molecule has 1 fully saturated rings. The van der Waals surface area contributed by atoms with Gasteiger partial charge in [-0.3, -0.25) is 9.59 Å². The van der Waals surface area contributed by atoms with Crippen LogP contribution in [0.3, 0.4) is 0 Å². The minimum Gasteiger partial charge on any atom is -0.384 e. The number of hydrogen-bond acceptors (Lipinski definition) is 6. The number of para-hydroxylation sites is 1. The predicted molar refractivity (Wildman–Crippen MR) is 142 cm³/mol. The van der Waals surface area contributed by atoms with Crippen molar-refractivity contribution in [2.24, 2.45) is 5.92 Å². The number of amides is 1. The van der Waals surface area contributed by atoms with Crippen LogP contribution < -0.4 is 26.4 Å². The molecule has 2 aromatic carbocycles. The van der Waals surface area contributed by atoms with Crippen LogP contribution >= 0.6 is 0 Å². The first-order valence-corrected chi connectivity index (χ1v) is 12.5. The summed E-state index contributed by atoms with van der Waals surface area (Å²) in [6.45, 7) is 7.40. The zero-order chi connectivity index (χ0) is 26.5. The van der Waals surface area contributed by atoms with Gasteiger partial charge in [0.1, 0.15) is 11.4 Å². The van der Waals surface area contributed by atoms with Crippen LogP contribution in [0.4, 0.5) is 25.8 Å². The van der Waals surface area contributed by atoms with Gasteiger partial charge in [-0.05, 0) is 56.1 Å². The summed E-state index contributed by atoms with van der Waals surface area (Å²) in [6, 6.07) is 9.35. The second-order valence-corrected chi connectivity index (χ2v) is 9.48. The molecule has 10 heteroatoms. The summed E-state index contributed by atoms with van der Waals surface area (Å²) in [5, 5.41) is 13.7. The van der Waals surface area contributed by atoms with Gasteiger partial charge in [0, 0.05) is 43.5 Å². The first-order chi connectivity index (χ1) is 17.8. The van der Waals surface area contributed by atoms with E-state index in [4.69, 9.17) is 0 Å². The normalized spacial score (nSPS) is 13.3. The molecule has 3 aromatic rings. The molecule has 0 spiro atoms. The number of carbonyl (C=O) groups excluding carboxylic acids is 1. The Morgan fingerprint density at radius 1 is 1.00 bits per heavy atom. The van der Waals surface area contributed by atoms with Crippen LogP contribution in [0, 0.1) is 17.6 Å². The van der Waals surface area contributed by atoms with E-state index in [1.54, 1.807) is 0 Å². The Bertz CT molecular complexity index is 1310. The highest BCUT2D eigenvalue weighted by Crippen LogP contribution is 2.37. The Labute approximate surface area is 214 Å². The maximum Gasteiger partial charge on any atom is 0.276 e. The highest BCUT2D eigenvalue weighted by atomic mass is 19.1. The van der Waals surface area contributed by atoms with Gasteiger partial charge in [0.25, 0.3) is 11.5 Å².